The van der Waals surface area contributed by atoms with E-state index in [1.54, 1.807) is 32.0 Å². The summed E-state index contributed by atoms with van der Waals surface area (Å²) in [5, 5.41) is 10.8. The van der Waals surface area contributed by atoms with E-state index in [-0.39, 0.29) is 17.9 Å². The molecule has 1 aromatic rings. The van der Waals surface area contributed by atoms with Gasteiger partial charge in [-0.1, -0.05) is 24.6 Å². The van der Waals surface area contributed by atoms with E-state index in [2.05, 4.69) is 0 Å². The molecule has 0 spiro atoms. The van der Waals surface area contributed by atoms with Gasteiger partial charge < -0.3 is 9.84 Å². The summed E-state index contributed by atoms with van der Waals surface area (Å²) in [5.74, 6) is -1.58. The number of aliphatic hydroxyl groups excluding tert-OH is 1. The van der Waals surface area contributed by atoms with Crippen LogP contribution in [-0.2, 0) is 19.7 Å². The standard InChI is InChI=1S/C16H17ClO4/c1-4-16(3)11-7-6-9(17)8-10(11)13(18)12(14(16)19)15(20)21-5-2/h6-8,18H,4-5H2,1-3H3. The third kappa shape index (κ3) is 2.33. The minimum atomic E-state index is -0.881. The molecule has 1 aliphatic rings. The van der Waals surface area contributed by atoms with Gasteiger partial charge in [0, 0.05) is 10.6 Å². The van der Waals surface area contributed by atoms with Crippen LogP contribution in [0.15, 0.2) is 23.8 Å². The largest absolute Gasteiger partial charge is 0.506 e. The Hall–Kier alpha value is -1.81. The van der Waals surface area contributed by atoms with Gasteiger partial charge in [0.05, 0.1) is 12.0 Å². The summed E-state index contributed by atoms with van der Waals surface area (Å²) in [7, 11) is 0. The van der Waals surface area contributed by atoms with E-state index in [9.17, 15) is 14.7 Å². The molecule has 0 aromatic heterocycles. The Labute approximate surface area is 128 Å². The van der Waals surface area contributed by atoms with Crippen LogP contribution in [-0.4, -0.2) is 23.5 Å². The van der Waals surface area contributed by atoms with Crippen LogP contribution in [0.4, 0.5) is 0 Å². The third-order valence-corrected chi connectivity index (χ3v) is 4.22. The molecule has 1 aromatic carbocycles. The van der Waals surface area contributed by atoms with Crippen molar-refractivity contribution in [2.24, 2.45) is 0 Å². The van der Waals surface area contributed by atoms with Crippen molar-refractivity contribution >= 4 is 29.1 Å². The fourth-order valence-electron chi connectivity index (χ4n) is 2.58. The Morgan fingerprint density at radius 2 is 2.05 bits per heavy atom. The van der Waals surface area contributed by atoms with E-state index < -0.39 is 17.2 Å². The van der Waals surface area contributed by atoms with Crippen molar-refractivity contribution in [3.05, 3.63) is 39.9 Å². The van der Waals surface area contributed by atoms with Gasteiger partial charge in [-0.05, 0) is 38.0 Å². The fourth-order valence-corrected chi connectivity index (χ4v) is 2.75. The van der Waals surface area contributed by atoms with Gasteiger partial charge >= 0.3 is 5.97 Å². The SMILES string of the molecule is CCOC(=O)C1=C(O)c2cc(Cl)ccc2C(C)(CC)C1=O. The lowest BCUT2D eigenvalue weighted by Gasteiger charge is -2.34. The van der Waals surface area contributed by atoms with Gasteiger partial charge in [0.15, 0.2) is 5.78 Å². The van der Waals surface area contributed by atoms with Crippen LogP contribution in [0.25, 0.3) is 5.76 Å². The van der Waals surface area contributed by atoms with Crippen molar-refractivity contribution in [1.29, 1.82) is 0 Å². The lowest BCUT2D eigenvalue weighted by Crippen LogP contribution is -2.40. The van der Waals surface area contributed by atoms with Crippen LogP contribution < -0.4 is 0 Å². The molecule has 5 heteroatoms. The van der Waals surface area contributed by atoms with Crippen molar-refractivity contribution in [1.82, 2.24) is 0 Å². The molecule has 2 rings (SSSR count). The zero-order valence-corrected chi connectivity index (χ0v) is 13.0. The van der Waals surface area contributed by atoms with Gasteiger partial charge in [-0.25, -0.2) is 4.79 Å². The van der Waals surface area contributed by atoms with Crippen LogP contribution >= 0.6 is 11.6 Å². The first-order valence-electron chi connectivity index (χ1n) is 6.82. The van der Waals surface area contributed by atoms with E-state index in [0.717, 1.165) is 0 Å². The maximum Gasteiger partial charge on any atom is 0.345 e. The minimum absolute atomic E-state index is 0.133. The summed E-state index contributed by atoms with van der Waals surface area (Å²) >= 11 is 5.97. The first-order valence-corrected chi connectivity index (χ1v) is 7.20. The molecule has 0 bridgehead atoms. The number of fused-ring (bicyclic) bond motifs is 1. The molecule has 1 unspecified atom stereocenters. The highest BCUT2D eigenvalue weighted by Gasteiger charge is 2.45. The lowest BCUT2D eigenvalue weighted by atomic mass is 9.68. The Morgan fingerprint density at radius 1 is 1.38 bits per heavy atom. The first kappa shape index (κ1) is 15.6. The number of carbonyl (C=O) groups is 2. The highest BCUT2D eigenvalue weighted by Crippen LogP contribution is 2.42. The highest BCUT2D eigenvalue weighted by molar-refractivity contribution is 6.31. The van der Waals surface area contributed by atoms with E-state index in [0.29, 0.717) is 22.6 Å². The molecule has 1 aliphatic carbocycles. The average molecular weight is 309 g/mol. The molecule has 1 atom stereocenters. The Balaban J connectivity index is 2.74. The van der Waals surface area contributed by atoms with Gasteiger partial charge in [0.25, 0.3) is 0 Å². The maximum atomic E-state index is 12.7. The molecule has 0 saturated heterocycles. The summed E-state index contributed by atoms with van der Waals surface area (Å²) < 4.78 is 4.89. The number of ether oxygens (including phenoxy) is 1. The molecule has 0 aliphatic heterocycles. The molecule has 21 heavy (non-hydrogen) atoms. The van der Waals surface area contributed by atoms with Crippen LogP contribution in [0, 0.1) is 0 Å². The van der Waals surface area contributed by atoms with E-state index in [1.807, 2.05) is 6.92 Å². The predicted molar refractivity (Wildman–Crippen MR) is 80.3 cm³/mol. The van der Waals surface area contributed by atoms with Crippen molar-refractivity contribution in [2.75, 3.05) is 6.61 Å². The zero-order valence-electron chi connectivity index (χ0n) is 12.2. The van der Waals surface area contributed by atoms with Crippen LogP contribution in [0.1, 0.15) is 38.3 Å². The quantitative estimate of drug-likeness (QED) is 0.686. The lowest BCUT2D eigenvalue weighted by molar-refractivity contribution is -0.140. The second-order valence-electron chi connectivity index (χ2n) is 5.15. The predicted octanol–water partition coefficient (Wildman–Crippen LogP) is 3.42. The molecule has 0 fully saturated rings. The van der Waals surface area contributed by atoms with Gasteiger partial charge in [0.1, 0.15) is 11.3 Å². The number of benzene rings is 1. The van der Waals surface area contributed by atoms with Gasteiger partial charge in [-0.15, -0.1) is 0 Å². The smallest absolute Gasteiger partial charge is 0.345 e. The molecular formula is C16H17ClO4. The topological polar surface area (TPSA) is 63.6 Å². The van der Waals surface area contributed by atoms with Crippen LogP contribution in [0.2, 0.25) is 5.02 Å². The average Bonchev–Trinajstić information content (AvgIpc) is 2.45. The second-order valence-corrected chi connectivity index (χ2v) is 5.59. The molecule has 0 radical (unpaired) electrons. The number of rotatable bonds is 3. The van der Waals surface area contributed by atoms with Crippen LogP contribution in [0.5, 0.6) is 0 Å². The number of ketones is 1. The number of hydrogen-bond acceptors (Lipinski definition) is 4. The number of Topliss-reactive ketones (excluding diaryl/α,β-unsaturated/α-hetero) is 1. The summed E-state index contributed by atoms with van der Waals surface area (Å²) in [6.45, 7) is 5.40. The number of carbonyl (C=O) groups excluding carboxylic acids is 2. The summed E-state index contributed by atoms with van der Waals surface area (Å²) in [4.78, 5) is 24.7. The summed E-state index contributed by atoms with van der Waals surface area (Å²) in [6, 6.07) is 4.95. The Bertz CT molecular complexity index is 648. The summed E-state index contributed by atoms with van der Waals surface area (Å²) in [5.41, 5.74) is -0.0933. The summed E-state index contributed by atoms with van der Waals surface area (Å²) in [6.07, 6.45) is 0.497. The van der Waals surface area contributed by atoms with Gasteiger partial charge in [0.2, 0.25) is 0 Å². The normalized spacial score (nSPS) is 21.2. The van der Waals surface area contributed by atoms with E-state index >= 15 is 0 Å². The number of esters is 1. The third-order valence-electron chi connectivity index (χ3n) is 3.98. The molecular weight excluding hydrogens is 292 g/mol. The molecule has 0 heterocycles. The molecule has 0 amide bonds. The van der Waals surface area contributed by atoms with Gasteiger partial charge in [-0.2, -0.15) is 0 Å². The molecule has 4 nitrogen and oxygen atoms in total. The Kier molecular flexibility index (Phi) is 4.10. The molecule has 0 saturated carbocycles. The first-order chi connectivity index (χ1) is 9.86. The zero-order chi connectivity index (χ0) is 15.8. The fraction of sp³-hybridized carbons (Fsp3) is 0.375. The van der Waals surface area contributed by atoms with E-state index in [4.69, 9.17) is 16.3 Å². The highest BCUT2D eigenvalue weighted by atomic mass is 35.5. The maximum absolute atomic E-state index is 12.7. The van der Waals surface area contributed by atoms with Crippen molar-refractivity contribution in [3.8, 4) is 0 Å². The number of aliphatic hydroxyl groups is 1. The van der Waals surface area contributed by atoms with Gasteiger partial charge in [-0.3, -0.25) is 4.79 Å². The molecule has 112 valence electrons. The van der Waals surface area contributed by atoms with Crippen molar-refractivity contribution in [2.45, 2.75) is 32.6 Å². The number of hydrogen-bond donors (Lipinski definition) is 1. The molecule has 1 N–H and O–H groups in total. The van der Waals surface area contributed by atoms with Crippen molar-refractivity contribution in [3.63, 3.8) is 0 Å². The Morgan fingerprint density at radius 3 is 2.62 bits per heavy atom. The second kappa shape index (κ2) is 5.53. The van der Waals surface area contributed by atoms with Crippen molar-refractivity contribution < 1.29 is 19.4 Å². The van der Waals surface area contributed by atoms with E-state index in [1.165, 1.54) is 0 Å². The number of halogens is 1. The minimum Gasteiger partial charge on any atom is -0.506 e. The van der Waals surface area contributed by atoms with Crippen LogP contribution in [0.3, 0.4) is 0 Å². The monoisotopic (exact) mass is 308 g/mol.